The number of anilines is 1. The van der Waals surface area contributed by atoms with Gasteiger partial charge in [-0.15, -0.1) is 0 Å². The number of benzene rings is 3. The van der Waals surface area contributed by atoms with Crippen LogP contribution in [0.5, 0.6) is 5.75 Å². The Morgan fingerprint density at radius 2 is 1.73 bits per heavy atom. The molecule has 1 heterocycles. The topological polar surface area (TPSA) is 41.9 Å². The van der Waals surface area contributed by atoms with E-state index in [9.17, 15) is 4.79 Å². The molecule has 1 aliphatic heterocycles. The molecule has 0 radical (unpaired) electrons. The standard InChI is InChI=1S/C24H18BrClN2O2/c1-2-30-19-13-11-18(12-14-19)28-23(20-5-3-4-6-21(20)25)27-22(24(28)29)15-16-7-9-17(26)10-8-16/h3-15H,2H2,1H3/b22-15+. The first-order chi connectivity index (χ1) is 14.6. The van der Waals surface area contributed by atoms with Crippen molar-refractivity contribution in [2.24, 2.45) is 4.99 Å². The minimum absolute atomic E-state index is 0.195. The molecule has 0 bridgehead atoms. The molecule has 0 aromatic heterocycles. The molecule has 0 aliphatic carbocycles. The number of amides is 1. The van der Waals surface area contributed by atoms with Crippen molar-refractivity contribution in [1.29, 1.82) is 0 Å². The first kappa shape index (κ1) is 20.4. The number of hydrogen-bond donors (Lipinski definition) is 0. The quantitative estimate of drug-likeness (QED) is 0.399. The van der Waals surface area contributed by atoms with Gasteiger partial charge in [0.25, 0.3) is 5.91 Å². The molecule has 0 atom stereocenters. The Hall–Kier alpha value is -2.89. The smallest absolute Gasteiger partial charge is 0.282 e. The van der Waals surface area contributed by atoms with E-state index in [1.54, 1.807) is 23.1 Å². The van der Waals surface area contributed by atoms with Gasteiger partial charge in [0.05, 0.1) is 12.3 Å². The van der Waals surface area contributed by atoms with Crippen LogP contribution in [0, 0.1) is 0 Å². The second-order valence-electron chi connectivity index (χ2n) is 6.56. The Morgan fingerprint density at radius 3 is 2.40 bits per heavy atom. The minimum Gasteiger partial charge on any atom is -0.494 e. The maximum Gasteiger partial charge on any atom is 0.282 e. The Labute approximate surface area is 188 Å². The van der Waals surface area contributed by atoms with Crippen LogP contribution in [0.1, 0.15) is 18.1 Å². The van der Waals surface area contributed by atoms with Crippen LogP contribution in [0.2, 0.25) is 5.02 Å². The SMILES string of the molecule is CCOc1ccc(N2C(=O)/C(=C\c3ccc(Cl)cc3)N=C2c2ccccc2Br)cc1. The van der Waals surface area contributed by atoms with Crippen molar-refractivity contribution < 1.29 is 9.53 Å². The normalized spacial score (nSPS) is 14.9. The highest BCUT2D eigenvalue weighted by Crippen LogP contribution is 2.31. The Bertz CT molecular complexity index is 1140. The fourth-order valence-corrected chi connectivity index (χ4v) is 3.74. The third-order valence-corrected chi connectivity index (χ3v) is 5.50. The van der Waals surface area contributed by atoms with E-state index < -0.39 is 0 Å². The summed E-state index contributed by atoms with van der Waals surface area (Å²) in [6.45, 7) is 2.52. The summed E-state index contributed by atoms with van der Waals surface area (Å²) in [7, 11) is 0. The summed E-state index contributed by atoms with van der Waals surface area (Å²) in [6, 6.07) is 22.4. The van der Waals surface area contributed by atoms with Crippen LogP contribution in [0.15, 0.2) is 88.0 Å². The molecule has 4 nitrogen and oxygen atoms in total. The lowest BCUT2D eigenvalue weighted by molar-refractivity contribution is -0.113. The zero-order chi connectivity index (χ0) is 21.1. The average molecular weight is 482 g/mol. The highest BCUT2D eigenvalue weighted by molar-refractivity contribution is 9.10. The van der Waals surface area contributed by atoms with E-state index in [1.807, 2.05) is 67.6 Å². The van der Waals surface area contributed by atoms with Crippen LogP contribution < -0.4 is 9.64 Å². The van der Waals surface area contributed by atoms with Gasteiger partial charge in [0.1, 0.15) is 17.3 Å². The summed E-state index contributed by atoms with van der Waals surface area (Å²) in [5, 5.41) is 0.642. The average Bonchev–Trinajstić information content (AvgIpc) is 3.07. The predicted octanol–water partition coefficient (Wildman–Crippen LogP) is 6.34. The van der Waals surface area contributed by atoms with Crippen molar-refractivity contribution in [3.8, 4) is 5.75 Å². The van der Waals surface area contributed by atoms with Crippen LogP contribution in [0.25, 0.3) is 6.08 Å². The Morgan fingerprint density at radius 1 is 1.03 bits per heavy atom. The monoisotopic (exact) mass is 480 g/mol. The van der Waals surface area contributed by atoms with Gasteiger partial charge in [-0.05, 0) is 61.0 Å². The minimum atomic E-state index is -0.195. The molecule has 30 heavy (non-hydrogen) atoms. The number of carbonyl (C=O) groups excluding carboxylic acids is 1. The second kappa shape index (κ2) is 8.86. The summed E-state index contributed by atoms with van der Waals surface area (Å²) < 4.78 is 6.39. The summed E-state index contributed by atoms with van der Waals surface area (Å²) in [4.78, 5) is 19.7. The van der Waals surface area contributed by atoms with E-state index in [4.69, 9.17) is 21.3 Å². The molecule has 3 aromatic carbocycles. The molecule has 1 amide bonds. The molecule has 3 aromatic rings. The van der Waals surface area contributed by atoms with Gasteiger partial charge in [-0.3, -0.25) is 9.69 Å². The number of nitrogens with zero attached hydrogens (tertiary/aromatic N) is 2. The van der Waals surface area contributed by atoms with Crippen LogP contribution >= 0.6 is 27.5 Å². The van der Waals surface area contributed by atoms with Gasteiger partial charge in [0.2, 0.25) is 0 Å². The fraction of sp³-hybridized carbons (Fsp3) is 0.0833. The van der Waals surface area contributed by atoms with E-state index >= 15 is 0 Å². The van der Waals surface area contributed by atoms with Crippen molar-refractivity contribution in [3.05, 3.63) is 99.1 Å². The fourth-order valence-electron chi connectivity index (χ4n) is 3.15. The molecule has 150 valence electrons. The summed E-state index contributed by atoms with van der Waals surface area (Å²) in [5.41, 5.74) is 2.76. The zero-order valence-electron chi connectivity index (χ0n) is 16.2. The molecule has 0 N–H and O–H groups in total. The van der Waals surface area contributed by atoms with Gasteiger partial charge in [0.15, 0.2) is 0 Å². The van der Waals surface area contributed by atoms with Crippen molar-refractivity contribution >= 4 is 51.0 Å². The number of halogens is 2. The molecular weight excluding hydrogens is 464 g/mol. The van der Waals surface area contributed by atoms with E-state index in [-0.39, 0.29) is 5.91 Å². The lowest BCUT2D eigenvalue weighted by Gasteiger charge is -2.19. The van der Waals surface area contributed by atoms with Gasteiger partial charge < -0.3 is 4.74 Å². The van der Waals surface area contributed by atoms with Crippen LogP contribution in [-0.2, 0) is 4.79 Å². The Balaban J connectivity index is 1.79. The highest BCUT2D eigenvalue weighted by atomic mass is 79.9. The number of rotatable bonds is 5. The van der Waals surface area contributed by atoms with E-state index in [2.05, 4.69) is 15.9 Å². The van der Waals surface area contributed by atoms with Crippen molar-refractivity contribution in [2.75, 3.05) is 11.5 Å². The third-order valence-electron chi connectivity index (χ3n) is 4.55. The second-order valence-corrected chi connectivity index (χ2v) is 7.85. The molecule has 0 saturated carbocycles. The summed E-state index contributed by atoms with van der Waals surface area (Å²) in [5.74, 6) is 1.13. The summed E-state index contributed by atoms with van der Waals surface area (Å²) >= 11 is 9.56. The maximum absolute atomic E-state index is 13.4. The number of ether oxygens (including phenoxy) is 1. The number of hydrogen-bond acceptors (Lipinski definition) is 3. The van der Waals surface area contributed by atoms with E-state index in [1.165, 1.54) is 0 Å². The van der Waals surface area contributed by atoms with Crippen molar-refractivity contribution in [1.82, 2.24) is 0 Å². The molecule has 6 heteroatoms. The van der Waals surface area contributed by atoms with Crippen molar-refractivity contribution in [3.63, 3.8) is 0 Å². The molecule has 1 aliphatic rings. The van der Waals surface area contributed by atoms with E-state index in [0.717, 1.165) is 27.0 Å². The molecule has 4 rings (SSSR count). The third kappa shape index (κ3) is 4.18. The Kier molecular flexibility index (Phi) is 6.02. The highest BCUT2D eigenvalue weighted by Gasteiger charge is 2.33. The summed E-state index contributed by atoms with van der Waals surface area (Å²) in [6.07, 6.45) is 1.77. The largest absolute Gasteiger partial charge is 0.494 e. The van der Waals surface area contributed by atoms with E-state index in [0.29, 0.717) is 23.2 Å². The zero-order valence-corrected chi connectivity index (χ0v) is 18.5. The van der Waals surface area contributed by atoms with Crippen LogP contribution in [0.4, 0.5) is 5.69 Å². The molecule has 0 saturated heterocycles. The lowest BCUT2D eigenvalue weighted by atomic mass is 10.1. The van der Waals surface area contributed by atoms with Gasteiger partial charge in [-0.1, -0.05) is 57.9 Å². The van der Waals surface area contributed by atoms with Crippen molar-refractivity contribution in [2.45, 2.75) is 6.92 Å². The van der Waals surface area contributed by atoms with Crippen LogP contribution in [0.3, 0.4) is 0 Å². The van der Waals surface area contributed by atoms with Gasteiger partial charge >= 0.3 is 0 Å². The number of carbonyl (C=O) groups is 1. The molecule has 0 spiro atoms. The molecular formula is C24H18BrClN2O2. The van der Waals surface area contributed by atoms with Crippen LogP contribution in [-0.4, -0.2) is 18.3 Å². The first-order valence-electron chi connectivity index (χ1n) is 9.45. The van der Waals surface area contributed by atoms with Gasteiger partial charge in [-0.2, -0.15) is 0 Å². The lowest BCUT2D eigenvalue weighted by Crippen LogP contribution is -2.32. The first-order valence-corrected chi connectivity index (χ1v) is 10.6. The molecule has 0 unspecified atom stereocenters. The van der Waals surface area contributed by atoms with Gasteiger partial charge in [0, 0.05) is 15.1 Å². The number of aliphatic imine (C=N–C) groups is 1. The molecule has 0 fully saturated rings. The maximum atomic E-state index is 13.4. The number of amidine groups is 1. The van der Waals surface area contributed by atoms with Gasteiger partial charge in [-0.25, -0.2) is 4.99 Å². The predicted molar refractivity (Wildman–Crippen MR) is 125 cm³/mol.